The van der Waals surface area contributed by atoms with Gasteiger partial charge in [-0.15, -0.1) is 0 Å². The van der Waals surface area contributed by atoms with Crippen LogP contribution in [0.15, 0.2) is 48.8 Å². The summed E-state index contributed by atoms with van der Waals surface area (Å²) < 4.78 is 0. The van der Waals surface area contributed by atoms with Crippen LogP contribution < -0.4 is 10.6 Å². The summed E-state index contributed by atoms with van der Waals surface area (Å²) >= 11 is 0. The number of rotatable bonds is 8. The number of benzene rings is 1. The van der Waals surface area contributed by atoms with Crippen molar-refractivity contribution in [3.05, 3.63) is 64.6 Å². The third-order valence-corrected chi connectivity index (χ3v) is 3.68. The molecule has 3 rings (SSSR count). The van der Waals surface area contributed by atoms with Gasteiger partial charge in [-0.25, -0.2) is 19.9 Å². The molecule has 9 heteroatoms. The molecule has 3 aromatic rings. The minimum absolute atomic E-state index is 0.0151. The maximum atomic E-state index is 11.0. The molecule has 0 fully saturated rings. The van der Waals surface area contributed by atoms with Crippen LogP contribution in [0, 0.1) is 17.0 Å². The fourth-order valence-corrected chi connectivity index (χ4v) is 2.44. The third kappa shape index (κ3) is 5.18. The van der Waals surface area contributed by atoms with Gasteiger partial charge in [0.1, 0.15) is 5.82 Å². The Hall–Kier alpha value is -3.62. The zero-order valence-electron chi connectivity index (χ0n) is 14.8. The highest BCUT2D eigenvalue weighted by Crippen LogP contribution is 2.22. The highest BCUT2D eigenvalue weighted by Gasteiger charge is 2.10. The van der Waals surface area contributed by atoms with E-state index < -0.39 is 4.92 Å². The first-order valence-corrected chi connectivity index (χ1v) is 8.47. The number of hydrogen-bond acceptors (Lipinski definition) is 8. The Morgan fingerprint density at radius 1 is 1.04 bits per heavy atom. The molecule has 0 bridgehead atoms. The highest BCUT2D eigenvalue weighted by molar-refractivity contribution is 5.61. The van der Waals surface area contributed by atoms with Crippen molar-refractivity contribution in [2.75, 3.05) is 23.7 Å². The molecule has 0 spiro atoms. The van der Waals surface area contributed by atoms with Crippen molar-refractivity contribution in [3.8, 4) is 11.4 Å². The van der Waals surface area contributed by atoms with Crippen LogP contribution in [0.25, 0.3) is 11.4 Å². The van der Waals surface area contributed by atoms with Gasteiger partial charge >= 0.3 is 0 Å². The lowest BCUT2D eigenvalue weighted by atomic mass is 10.2. The van der Waals surface area contributed by atoms with Gasteiger partial charge in [0.05, 0.1) is 4.92 Å². The quantitative estimate of drug-likeness (QED) is 0.355. The summed E-state index contributed by atoms with van der Waals surface area (Å²) in [6.07, 6.45) is 4.22. The third-order valence-electron chi connectivity index (χ3n) is 3.68. The van der Waals surface area contributed by atoms with Crippen LogP contribution in [-0.4, -0.2) is 37.9 Å². The van der Waals surface area contributed by atoms with Crippen LogP contribution in [0.3, 0.4) is 0 Å². The molecule has 0 radical (unpaired) electrons. The summed E-state index contributed by atoms with van der Waals surface area (Å²) in [6.45, 7) is 3.28. The Morgan fingerprint density at radius 2 is 1.81 bits per heavy atom. The van der Waals surface area contributed by atoms with Crippen molar-refractivity contribution >= 4 is 17.5 Å². The molecule has 0 saturated carbocycles. The lowest BCUT2D eigenvalue weighted by molar-refractivity contribution is -0.384. The number of aryl methyl sites for hydroxylation is 1. The summed E-state index contributed by atoms with van der Waals surface area (Å²) in [5.41, 5.74) is 1.41. The topological polar surface area (TPSA) is 119 Å². The predicted octanol–water partition coefficient (Wildman–Crippen LogP) is 3.06. The van der Waals surface area contributed by atoms with Gasteiger partial charge in [0.2, 0.25) is 5.95 Å². The molecular formula is C18H19N7O2. The van der Waals surface area contributed by atoms with E-state index in [-0.39, 0.29) is 5.69 Å². The molecule has 0 aliphatic carbocycles. The van der Waals surface area contributed by atoms with Crippen LogP contribution in [0.1, 0.15) is 12.1 Å². The molecule has 0 amide bonds. The summed E-state index contributed by atoms with van der Waals surface area (Å²) in [5.74, 6) is 1.74. The number of anilines is 2. The van der Waals surface area contributed by atoms with E-state index in [1.54, 1.807) is 30.6 Å². The standard InChI is InChI=1S/C18H19N7O2/c1-13-11-16(19-7-3-8-20-18-21-9-4-10-22-18)24-17(23-13)14-5-2-6-15(12-14)25(26)27/h2,4-6,9-12H,3,7-8H2,1H3,(H,19,23,24)(H,20,21,22). The second-order valence-corrected chi connectivity index (χ2v) is 5.81. The second kappa shape index (κ2) is 8.65. The zero-order valence-corrected chi connectivity index (χ0v) is 14.8. The molecule has 2 heterocycles. The number of nitrogens with one attached hydrogen (secondary N) is 2. The Bertz CT molecular complexity index is 919. The molecule has 0 aliphatic rings. The Labute approximate surface area is 156 Å². The van der Waals surface area contributed by atoms with E-state index in [1.807, 2.05) is 13.0 Å². The largest absolute Gasteiger partial charge is 0.370 e. The van der Waals surface area contributed by atoms with Crippen molar-refractivity contribution in [1.82, 2.24) is 19.9 Å². The molecular weight excluding hydrogens is 346 g/mol. The van der Waals surface area contributed by atoms with Gasteiger partial charge in [0, 0.05) is 54.9 Å². The van der Waals surface area contributed by atoms with Gasteiger partial charge in [-0.1, -0.05) is 12.1 Å². The van der Waals surface area contributed by atoms with Crippen molar-refractivity contribution in [3.63, 3.8) is 0 Å². The fourth-order valence-electron chi connectivity index (χ4n) is 2.44. The van der Waals surface area contributed by atoms with E-state index in [4.69, 9.17) is 0 Å². The minimum atomic E-state index is -0.429. The van der Waals surface area contributed by atoms with Crippen LogP contribution in [0.4, 0.5) is 17.5 Å². The average Bonchev–Trinajstić information content (AvgIpc) is 2.68. The Kier molecular flexibility index (Phi) is 5.83. The molecule has 138 valence electrons. The van der Waals surface area contributed by atoms with Crippen molar-refractivity contribution in [2.24, 2.45) is 0 Å². The van der Waals surface area contributed by atoms with E-state index in [1.165, 1.54) is 12.1 Å². The molecule has 1 aromatic carbocycles. The van der Waals surface area contributed by atoms with E-state index in [0.717, 1.165) is 18.7 Å². The van der Waals surface area contributed by atoms with Crippen molar-refractivity contribution < 1.29 is 4.92 Å². The predicted molar refractivity (Wildman–Crippen MR) is 102 cm³/mol. The summed E-state index contributed by atoms with van der Waals surface area (Å²) in [6, 6.07) is 9.92. The maximum absolute atomic E-state index is 11.0. The number of aromatic nitrogens is 4. The molecule has 0 unspecified atom stereocenters. The first-order chi connectivity index (χ1) is 13.1. The van der Waals surface area contributed by atoms with Gasteiger partial charge in [-0.2, -0.15) is 0 Å². The molecule has 2 aromatic heterocycles. The molecule has 0 saturated heterocycles. The number of nitrogens with zero attached hydrogens (tertiary/aromatic N) is 5. The van der Waals surface area contributed by atoms with Crippen molar-refractivity contribution in [2.45, 2.75) is 13.3 Å². The van der Waals surface area contributed by atoms with Crippen LogP contribution in [-0.2, 0) is 0 Å². The van der Waals surface area contributed by atoms with Gasteiger partial charge in [-0.05, 0) is 19.4 Å². The molecule has 2 N–H and O–H groups in total. The highest BCUT2D eigenvalue weighted by atomic mass is 16.6. The summed E-state index contributed by atoms with van der Waals surface area (Å²) in [7, 11) is 0. The number of nitro groups is 1. The lowest BCUT2D eigenvalue weighted by Gasteiger charge is -2.09. The zero-order chi connectivity index (χ0) is 19.1. The molecule has 0 atom stereocenters. The van der Waals surface area contributed by atoms with Gasteiger partial charge < -0.3 is 10.6 Å². The SMILES string of the molecule is Cc1cc(NCCCNc2ncccn2)nc(-c2cccc([N+](=O)[O-])c2)n1. The van der Waals surface area contributed by atoms with Gasteiger partial charge in [0.25, 0.3) is 5.69 Å². The van der Waals surface area contributed by atoms with Gasteiger partial charge in [-0.3, -0.25) is 10.1 Å². The molecule has 27 heavy (non-hydrogen) atoms. The van der Waals surface area contributed by atoms with Crippen LogP contribution >= 0.6 is 0 Å². The van der Waals surface area contributed by atoms with Crippen LogP contribution in [0.5, 0.6) is 0 Å². The number of nitro benzene ring substituents is 1. The van der Waals surface area contributed by atoms with Crippen LogP contribution in [0.2, 0.25) is 0 Å². The van der Waals surface area contributed by atoms with Gasteiger partial charge in [0.15, 0.2) is 5.82 Å². The second-order valence-electron chi connectivity index (χ2n) is 5.81. The Balaban J connectivity index is 1.60. The maximum Gasteiger partial charge on any atom is 0.270 e. The molecule has 0 aliphatic heterocycles. The minimum Gasteiger partial charge on any atom is -0.370 e. The van der Waals surface area contributed by atoms with E-state index in [9.17, 15) is 10.1 Å². The molecule has 9 nitrogen and oxygen atoms in total. The van der Waals surface area contributed by atoms with E-state index >= 15 is 0 Å². The monoisotopic (exact) mass is 365 g/mol. The first kappa shape index (κ1) is 18.2. The van der Waals surface area contributed by atoms with E-state index in [0.29, 0.717) is 29.7 Å². The normalized spacial score (nSPS) is 10.4. The number of hydrogen-bond donors (Lipinski definition) is 2. The van der Waals surface area contributed by atoms with E-state index in [2.05, 4.69) is 30.6 Å². The van der Waals surface area contributed by atoms with Crippen molar-refractivity contribution in [1.29, 1.82) is 0 Å². The smallest absolute Gasteiger partial charge is 0.270 e. The summed E-state index contributed by atoms with van der Waals surface area (Å²) in [5, 5.41) is 17.4. The average molecular weight is 365 g/mol. The summed E-state index contributed by atoms with van der Waals surface area (Å²) in [4.78, 5) is 27.6. The first-order valence-electron chi connectivity index (χ1n) is 8.47. The fraction of sp³-hybridized carbons (Fsp3) is 0.222. The lowest BCUT2D eigenvalue weighted by Crippen LogP contribution is -2.11. The Morgan fingerprint density at radius 3 is 2.59 bits per heavy atom. The number of non-ortho nitro benzene ring substituents is 1.